The van der Waals surface area contributed by atoms with Gasteiger partial charge in [0.15, 0.2) is 0 Å². The van der Waals surface area contributed by atoms with Crippen LogP contribution in [0.1, 0.15) is 25.3 Å². The van der Waals surface area contributed by atoms with Crippen LogP contribution in [-0.2, 0) is 26.7 Å². The fourth-order valence-electron chi connectivity index (χ4n) is 2.57. The highest BCUT2D eigenvalue weighted by atomic mass is 32.2. The Bertz CT molecular complexity index is 723. The second kappa shape index (κ2) is 6.63. The Hall–Kier alpha value is -1.00. The highest BCUT2D eigenvalue weighted by Gasteiger charge is 2.29. The maximum absolute atomic E-state index is 12.5. The molecule has 0 aliphatic carbocycles. The number of hydrogen-bond donors (Lipinski definition) is 2. The first-order chi connectivity index (χ1) is 10.2. The Morgan fingerprint density at radius 3 is 2.32 bits per heavy atom. The molecule has 7 nitrogen and oxygen atoms in total. The molecule has 124 valence electrons. The van der Waals surface area contributed by atoms with Crippen LogP contribution in [0.5, 0.6) is 0 Å². The fourth-order valence-corrected chi connectivity index (χ4v) is 4.91. The van der Waals surface area contributed by atoms with Crippen LogP contribution in [0.4, 0.5) is 0 Å². The maximum atomic E-state index is 12.5. The SMILES string of the molecule is CCc1ccccc1S(=O)(=O)NC1CCN(S(N)(=O)=O)CC1. The Labute approximate surface area is 131 Å². The van der Waals surface area contributed by atoms with Gasteiger partial charge in [-0.15, -0.1) is 0 Å². The molecule has 1 aromatic rings. The summed E-state index contributed by atoms with van der Waals surface area (Å²) in [6.45, 7) is 2.35. The molecule has 1 fully saturated rings. The maximum Gasteiger partial charge on any atom is 0.276 e. The number of sulfonamides is 1. The van der Waals surface area contributed by atoms with E-state index in [2.05, 4.69) is 4.72 Å². The van der Waals surface area contributed by atoms with Gasteiger partial charge in [-0.05, 0) is 30.9 Å². The molecule has 0 spiro atoms. The van der Waals surface area contributed by atoms with Crippen molar-refractivity contribution in [1.29, 1.82) is 0 Å². The predicted molar refractivity (Wildman–Crippen MR) is 83.8 cm³/mol. The van der Waals surface area contributed by atoms with Gasteiger partial charge in [-0.1, -0.05) is 25.1 Å². The molecule has 0 radical (unpaired) electrons. The molecule has 22 heavy (non-hydrogen) atoms. The number of hydrogen-bond acceptors (Lipinski definition) is 4. The lowest BCUT2D eigenvalue weighted by atomic mass is 10.1. The van der Waals surface area contributed by atoms with Crippen molar-refractivity contribution in [3.63, 3.8) is 0 Å². The first-order valence-electron chi connectivity index (χ1n) is 7.12. The highest BCUT2D eigenvalue weighted by molar-refractivity contribution is 7.89. The molecule has 1 heterocycles. The van der Waals surface area contributed by atoms with E-state index in [1.807, 2.05) is 13.0 Å². The summed E-state index contributed by atoms with van der Waals surface area (Å²) in [5.41, 5.74) is 0.761. The third-order valence-electron chi connectivity index (χ3n) is 3.78. The van der Waals surface area contributed by atoms with Crippen molar-refractivity contribution in [2.75, 3.05) is 13.1 Å². The van der Waals surface area contributed by atoms with E-state index in [0.717, 1.165) is 9.87 Å². The Balaban J connectivity index is 2.08. The standard InChI is InChI=1S/C13H21N3O4S2/c1-2-11-5-3-4-6-13(11)21(17,18)15-12-7-9-16(10-8-12)22(14,19)20/h3-6,12,15H,2,7-10H2,1H3,(H2,14,19,20). The Kier molecular flexibility index (Phi) is 5.23. The minimum atomic E-state index is -3.70. The number of aryl methyl sites for hydroxylation is 1. The molecule has 0 aromatic heterocycles. The molecular formula is C13H21N3O4S2. The molecule has 0 bridgehead atoms. The predicted octanol–water partition coefficient (Wildman–Crippen LogP) is 0.195. The van der Waals surface area contributed by atoms with Crippen LogP contribution in [-0.4, -0.2) is 40.3 Å². The molecule has 0 amide bonds. The summed E-state index contributed by atoms with van der Waals surface area (Å²) in [6, 6.07) is 6.59. The summed E-state index contributed by atoms with van der Waals surface area (Å²) >= 11 is 0. The van der Waals surface area contributed by atoms with Crippen LogP contribution in [0, 0.1) is 0 Å². The van der Waals surface area contributed by atoms with E-state index in [0.29, 0.717) is 19.3 Å². The fraction of sp³-hybridized carbons (Fsp3) is 0.538. The summed E-state index contributed by atoms with van der Waals surface area (Å²) in [5.74, 6) is 0. The van der Waals surface area contributed by atoms with Gasteiger partial charge in [-0.2, -0.15) is 12.7 Å². The average molecular weight is 347 g/mol. The van der Waals surface area contributed by atoms with Crippen LogP contribution >= 0.6 is 0 Å². The second-order valence-corrected chi connectivity index (χ2v) is 8.53. The summed E-state index contributed by atoms with van der Waals surface area (Å²) < 4.78 is 51.3. The molecule has 1 aliphatic rings. The number of benzene rings is 1. The number of nitrogens with two attached hydrogens (primary N) is 1. The summed E-state index contributed by atoms with van der Waals surface area (Å²) in [5, 5.41) is 5.07. The van der Waals surface area contributed by atoms with Gasteiger partial charge < -0.3 is 0 Å². The third-order valence-corrected chi connectivity index (χ3v) is 6.48. The summed E-state index contributed by atoms with van der Waals surface area (Å²) in [4.78, 5) is 0.284. The van der Waals surface area contributed by atoms with Crippen molar-refractivity contribution >= 4 is 20.2 Å². The molecule has 0 saturated carbocycles. The lowest BCUT2D eigenvalue weighted by molar-refractivity contribution is 0.309. The largest absolute Gasteiger partial charge is 0.276 e. The van der Waals surface area contributed by atoms with Gasteiger partial charge in [-0.25, -0.2) is 18.3 Å². The smallest absolute Gasteiger partial charge is 0.216 e. The minimum Gasteiger partial charge on any atom is -0.216 e. The molecule has 9 heteroatoms. The van der Waals surface area contributed by atoms with Crippen molar-refractivity contribution < 1.29 is 16.8 Å². The lowest BCUT2D eigenvalue weighted by Gasteiger charge is -2.30. The zero-order valence-electron chi connectivity index (χ0n) is 12.4. The number of nitrogens with one attached hydrogen (secondary N) is 1. The van der Waals surface area contributed by atoms with Crippen molar-refractivity contribution in [2.45, 2.75) is 37.1 Å². The van der Waals surface area contributed by atoms with Crippen molar-refractivity contribution in [3.8, 4) is 0 Å². The van der Waals surface area contributed by atoms with Crippen molar-refractivity contribution in [3.05, 3.63) is 29.8 Å². The van der Waals surface area contributed by atoms with Gasteiger partial charge in [0, 0.05) is 19.1 Å². The molecular weight excluding hydrogens is 326 g/mol. The van der Waals surface area contributed by atoms with Gasteiger partial charge >= 0.3 is 0 Å². The first kappa shape index (κ1) is 17.4. The first-order valence-corrected chi connectivity index (χ1v) is 10.1. The van der Waals surface area contributed by atoms with E-state index < -0.39 is 20.2 Å². The van der Waals surface area contributed by atoms with E-state index in [1.165, 1.54) is 0 Å². The van der Waals surface area contributed by atoms with Gasteiger partial charge in [0.1, 0.15) is 0 Å². The van der Waals surface area contributed by atoms with Crippen LogP contribution in [0.25, 0.3) is 0 Å². The number of piperidine rings is 1. The van der Waals surface area contributed by atoms with Gasteiger partial charge in [0.25, 0.3) is 10.2 Å². The molecule has 3 N–H and O–H groups in total. The third kappa shape index (κ3) is 4.05. The molecule has 1 saturated heterocycles. The van der Waals surface area contributed by atoms with E-state index >= 15 is 0 Å². The van der Waals surface area contributed by atoms with Crippen molar-refractivity contribution in [2.24, 2.45) is 5.14 Å². The zero-order valence-corrected chi connectivity index (χ0v) is 14.0. The average Bonchev–Trinajstić information content (AvgIpc) is 2.46. The van der Waals surface area contributed by atoms with Crippen molar-refractivity contribution in [1.82, 2.24) is 9.03 Å². The Morgan fingerprint density at radius 1 is 1.18 bits per heavy atom. The molecule has 1 aromatic carbocycles. The van der Waals surface area contributed by atoms with Gasteiger partial charge in [0.2, 0.25) is 10.0 Å². The van der Waals surface area contributed by atoms with Crippen LogP contribution < -0.4 is 9.86 Å². The zero-order chi connectivity index (χ0) is 16.4. The topological polar surface area (TPSA) is 110 Å². The molecule has 2 rings (SSSR count). The number of nitrogens with zero attached hydrogens (tertiary/aromatic N) is 1. The van der Waals surface area contributed by atoms with Gasteiger partial charge in [-0.3, -0.25) is 0 Å². The quantitative estimate of drug-likeness (QED) is 0.792. The van der Waals surface area contributed by atoms with Crippen LogP contribution in [0.2, 0.25) is 0 Å². The molecule has 0 unspecified atom stereocenters. The molecule has 0 atom stereocenters. The Morgan fingerprint density at radius 2 is 1.77 bits per heavy atom. The van der Waals surface area contributed by atoms with E-state index in [4.69, 9.17) is 5.14 Å². The van der Waals surface area contributed by atoms with E-state index in [1.54, 1.807) is 18.2 Å². The van der Waals surface area contributed by atoms with E-state index in [9.17, 15) is 16.8 Å². The highest BCUT2D eigenvalue weighted by Crippen LogP contribution is 2.19. The van der Waals surface area contributed by atoms with Gasteiger partial charge in [0.05, 0.1) is 4.90 Å². The van der Waals surface area contributed by atoms with E-state index in [-0.39, 0.29) is 24.0 Å². The second-order valence-electron chi connectivity index (χ2n) is 5.30. The minimum absolute atomic E-state index is 0.224. The number of rotatable bonds is 5. The van der Waals surface area contributed by atoms with Crippen LogP contribution in [0.15, 0.2) is 29.2 Å². The monoisotopic (exact) mass is 347 g/mol. The van der Waals surface area contributed by atoms with Crippen LogP contribution in [0.3, 0.4) is 0 Å². The summed E-state index contributed by atoms with van der Waals surface area (Å²) in [6.07, 6.45) is 1.44. The molecule has 1 aliphatic heterocycles. The lowest BCUT2D eigenvalue weighted by Crippen LogP contribution is -2.48. The normalized spacial score (nSPS) is 18.5. The summed E-state index contributed by atoms with van der Waals surface area (Å²) in [7, 11) is -7.30.